The maximum atomic E-state index is 12.9. The number of aromatic nitrogens is 2. The summed E-state index contributed by atoms with van der Waals surface area (Å²) in [6.07, 6.45) is 4.70. The lowest BCUT2D eigenvalue weighted by Gasteiger charge is -2.35. The van der Waals surface area contributed by atoms with Crippen LogP contribution in [-0.4, -0.2) is 62.5 Å². The molecular weight excluding hydrogens is 362 g/mol. The number of carbonyl (C=O) groups excluding carboxylic acids is 2. The van der Waals surface area contributed by atoms with Crippen molar-refractivity contribution in [3.8, 4) is 0 Å². The number of nitro benzene ring substituents is 1. The first-order valence-corrected chi connectivity index (χ1v) is 9.42. The zero-order chi connectivity index (χ0) is 19.7. The molecular formula is C19H21N5O4. The van der Waals surface area contributed by atoms with Crippen LogP contribution in [0.2, 0.25) is 0 Å². The van der Waals surface area contributed by atoms with Gasteiger partial charge in [-0.25, -0.2) is 0 Å². The van der Waals surface area contributed by atoms with E-state index in [1.165, 1.54) is 24.3 Å². The Balaban J connectivity index is 1.39. The number of nitrogens with zero attached hydrogens (tertiary/aromatic N) is 5. The third-order valence-corrected chi connectivity index (χ3v) is 5.39. The highest BCUT2D eigenvalue weighted by molar-refractivity contribution is 5.96. The van der Waals surface area contributed by atoms with Gasteiger partial charge in [0.1, 0.15) is 0 Å². The average molecular weight is 383 g/mol. The lowest BCUT2D eigenvalue weighted by atomic mass is 10.1. The lowest BCUT2D eigenvalue weighted by Crippen LogP contribution is -2.50. The molecule has 2 aliphatic rings. The van der Waals surface area contributed by atoms with Gasteiger partial charge in [-0.2, -0.15) is 5.10 Å². The molecule has 0 unspecified atom stereocenters. The van der Waals surface area contributed by atoms with Gasteiger partial charge in [0.15, 0.2) is 0 Å². The molecule has 0 saturated carbocycles. The molecule has 1 aromatic carbocycles. The molecule has 2 amide bonds. The Morgan fingerprint density at radius 3 is 2.21 bits per heavy atom. The molecule has 1 aromatic heterocycles. The summed E-state index contributed by atoms with van der Waals surface area (Å²) < 4.78 is 1.92. The first-order valence-electron chi connectivity index (χ1n) is 9.42. The quantitative estimate of drug-likeness (QED) is 0.593. The summed E-state index contributed by atoms with van der Waals surface area (Å²) in [6.45, 7) is 2.65. The molecule has 9 nitrogen and oxygen atoms in total. The Kier molecular flexibility index (Phi) is 4.81. The second-order valence-corrected chi connectivity index (χ2v) is 7.07. The first kappa shape index (κ1) is 18.1. The maximum Gasteiger partial charge on any atom is 0.269 e. The van der Waals surface area contributed by atoms with Crippen LogP contribution in [0.1, 0.15) is 39.3 Å². The van der Waals surface area contributed by atoms with E-state index in [9.17, 15) is 19.7 Å². The Hall–Kier alpha value is -3.23. The number of amides is 2. The molecule has 146 valence electrons. The second-order valence-electron chi connectivity index (χ2n) is 7.07. The standard InChI is InChI=1S/C19H21N5O4/c25-18(14-4-6-15(7-5-14)24(27)28)21-9-11-22(12-10-21)19(26)16-13-20-23-8-2-1-3-17(16)23/h4-7,13H,1-3,8-12H2. The zero-order valence-corrected chi connectivity index (χ0v) is 15.4. The number of rotatable bonds is 3. The highest BCUT2D eigenvalue weighted by Crippen LogP contribution is 2.21. The van der Waals surface area contributed by atoms with E-state index in [-0.39, 0.29) is 17.5 Å². The van der Waals surface area contributed by atoms with Gasteiger partial charge < -0.3 is 9.80 Å². The number of piperazine rings is 1. The van der Waals surface area contributed by atoms with Crippen LogP contribution in [0.5, 0.6) is 0 Å². The molecule has 0 atom stereocenters. The van der Waals surface area contributed by atoms with Crippen LogP contribution in [0.25, 0.3) is 0 Å². The van der Waals surface area contributed by atoms with E-state index in [2.05, 4.69) is 5.10 Å². The van der Waals surface area contributed by atoms with Crippen LogP contribution < -0.4 is 0 Å². The zero-order valence-electron chi connectivity index (χ0n) is 15.4. The van der Waals surface area contributed by atoms with Gasteiger partial charge in [-0.15, -0.1) is 0 Å². The number of nitro groups is 1. The number of non-ortho nitro benzene ring substituents is 1. The highest BCUT2D eigenvalue weighted by Gasteiger charge is 2.28. The van der Waals surface area contributed by atoms with Gasteiger partial charge in [-0.1, -0.05) is 0 Å². The highest BCUT2D eigenvalue weighted by atomic mass is 16.6. The van der Waals surface area contributed by atoms with Crippen molar-refractivity contribution in [2.24, 2.45) is 0 Å². The minimum Gasteiger partial charge on any atom is -0.335 e. The Labute approximate surface area is 161 Å². The molecule has 0 bridgehead atoms. The van der Waals surface area contributed by atoms with Crippen LogP contribution in [0.4, 0.5) is 5.69 Å². The van der Waals surface area contributed by atoms with E-state index in [4.69, 9.17) is 0 Å². The van der Waals surface area contributed by atoms with Gasteiger partial charge in [-0.05, 0) is 31.4 Å². The fourth-order valence-electron chi connectivity index (χ4n) is 3.79. The predicted molar refractivity (Wildman–Crippen MR) is 100 cm³/mol. The molecule has 1 fully saturated rings. The van der Waals surface area contributed by atoms with Crippen molar-refractivity contribution in [2.75, 3.05) is 26.2 Å². The summed E-state index contributed by atoms with van der Waals surface area (Å²) >= 11 is 0. The Morgan fingerprint density at radius 1 is 0.929 bits per heavy atom. The SMILES string of the molecule is O=C(c1ccc([N+](=O)[O-])cc1)N1CCN(C(=O)c2cnn3c2CCCC3)CC1. The van der Waals surface area contributed by atoms with E-state index in [1.807, 2.05) is 4.68 Å². The molecule has 2 aromatic rings. The van der Waals surface area contributed by atoms with E-state index in [1.54, 1.807) is 16.0 Å². The van der Waals surface area contributed by atoms with Gasteiger partial charge >= 0.3 is 0 Å². The molecule has 28 heavy (non-hydrogen) atoms. The third-order valence-electron chi connectivity index (χ3n) is 5.39. The predicted octanol–water partition coefficient (Wildman–Crippen LogP) is 1.73. The molecule has 2 aliphatic heterocycles. The topological polar surface area (TPSA) is 102 Å². The fourth-order valence-corrected chi connectivity index (χ4v) is 3.79. The number of hydrogen-bond acceptors (Lipinski definition) is 5. The summed E-state index contributed by atoms with van der Waals surface area (Å²) in [4.78, 5) is 39.2. The van der Waals surface area contributed by atoms with Gasteiger partial charge in [0.25, 0.3) is 17.5 Å². The van der Waals surface area contributed by atoms with Crippen LogP contribution >= 0.6 is 0 Å². The molecule has 0 radical (unpaired) electrons. The summed E-state index contributed by atoms with van der Waals surface area (Å²) in [7, 11) is 0. The number of hydrogen-bond donors (Lipinski definition) is 0. The van der Waals surface area contributed by atoms with E-state index in [0.29, 0.717) is 37.3 Å². The molecule has 0 spiro atoms. The van der Waals surface area contributed by atoms with Crippen molar-refractivity contribution in [3.63, 3.8) is 0 Å². The summed E-state index contributed by atoms with van der Waals surface area (Å²) in [5, 5.41) is 15.1. The lowest BCUT2D eigenvalue weighted by molar-refractivity contribution is -0.384. The van der Waals surface area contributed by atoms with Crippen LogP contribution in [0, 0.1) is 10.1 Å². The van der Waals surface area contributed by atoms with Gasteiger partial charge in [0.05, 0.1) is 22.4 Å². The molecule has 4 rings (SSSR count). The second kappa shape index (κ2) is 7.41. The fraction of sp³-hybridized carbons (Fsp3) is 0.421. The minimum absolute atomic E-state index is 0.0226. The van der Waals surface area contributed by atoms with Crippen molar-refractivity contribution in [2.45, 2.75) is 25.8 Å². The first-order chi connectivity index (χ1) is 13.5. The maximum absolute atomic E-state index is 12.9. The van der Waals surface area contributed by atoms with E-state index >= 15 is 0 Å². The van der Waals surface area contributed by atoms with Crippen molar-refractivity contribution in [3.05, 3.63) is 57.4 Å². The molecule has 0 aliphatic carbocycles. The number of carbonyl (C=O) groups is 2. The third kappa shape index (κ3) is 3.35. The van der Waals surface area contributed by atoms with Crippen LogP contribution in [-0.2, 0) is 13.0 Å². The van der Waals surface area contributed by atoms with Crippen molar-refractivity contribution >= 4 is 17.5 Å². The monoisotopic (exact) mass is 383 g/mol. The Bertz CT molecular complexity index is 913. The normalized spacial score (nSPS) is 16.6. The minimum atomic E-state index is -0.492. The summed E-state index contributed by atoms with van der Waals surface area (Å²) in [6, 6.07) is 5.60. The number of aryl methyl sites for hydroxylation is 1. The smallest absolute Gasteiger partial charge is 0.269 e. The van der Waals surface area contributed by atoms with E-state index < -0.39 is 4.92 Å². The molecule has 0 N–H and O–H groups in total. The van der Waals surface area contributed by atoms with Crippen LogP contribution in [0.3, 0.4) is 0 Å². The molecule has 3 heterocycles. The number of fused-ring (bicyclic) bond motifs is 1. The number of benzene rings is 1. The summed E-state index contributed by atoms with van der Waals surface area (Å²) in [5.41, 5.74) is 2.06. The van der Waals surface area contributed by atoms with Gasteiger partial charge in [-0.3, -0.25) is 24.4 Å². The van der Waals surface area contributed by atoms with Gasteiger partial charge in [0, 0.05) is 50.4 Å². The van der Waals surface area contributed by atoms with Crippen molar-refractivity contribution in [1.82, 2.24) is 19.6 Å². The summed E-state index contributed by atoms with van der Waals surface area (Å²) in [5.74, 6) is -0.199. The van der Waals surface area contributed by atoms with Crippen molar-refractivity contribution in [1.29, 1.82) is 0 Å². The van der Waals surface area contributed by atoms with Gasteiger partial charge in [0.2, 0.25) is 0 Å². The largest absolute Gasteiger partial charge is 0.335 e. The molecule has 1 saturated heterocycles. The van der Waals surface area contributed by atoms with Crippen LogP contribution in [0.15, 0.2) is 30.5 Å². The molecule has 9 heteroatoms. The average Bonchev–Trinajstić information content (AvgIpc) is 3.17. The Morgan fingerprint density at radius 2 is 1.57 bits per heavy atom. The van der Waals surface area contributed by atoms with E-state index in [0.717, 1.165) is 31.5 Å². The van der Waals surface area contributed by atoms with Crippen molar-refractivity contribution < 1.29 is 14.5 Å².